The minimum Gasteiger partial charge on any atom is -0.393 e. The van der Waals surface area contributed by atoms with E-state index in [2.05, 4.69) is 20.6 Å². The molecular weight excluding hydrogens is 358 g/mol. The van der Waals surface area contributed by atoms with Crippen LogP contribution in [0.2, 0.25) is 0 Å². The minimum absolute atomic E-state index is 0.0694. The van der Waals surface area contributed by atoms with Crippen molar-refractivity contribution >= 4 is 17.7 Å². The van der Waals surface area contributed by atoms with Crippen molar-refractivity contribution in [3.05, 3.63) is 11.8 Å². The van der Waals surface area contributed by atoms with Gasteiger partial charge in [0.15, 0.2) is 0 Å². The van der Waals surface area contributed by atoms with E-state index < -0.39 is 5.91 Å². The molecule has 2 aliphatic rings. The van der Waals surface area contributed by atoms with Crippen molar-refractivity contribution in [3.8, 4) is 0 Å². The Kier molecular flexibility index (Phi) is 7.44. The fraction of sp³-hybridized carbons (Fsp3) is 0.750. The molecule has 0 unspecified atom stereocenters. The molecule has 1 aromatic rings. The Bertz CT molecular complexity index is 649. The number of hydrogen-bond acceptors (Lipinski definition) is 7. The first-order valence-electron chi connectivity index (χ1n) is 10.5. The number of hydrogen-bond donors (Lipinski definition) is 4. The fourth-order valence-corrected chi connectivity index (χ4v) is 4.19. The molecule has 28 heavy (non-hydrogen) atoms. The highest BCUT2D eigenvalue weighted by Gasteiger charge is 2.24. The van der Waals surface area contributed by atoms with Crippen molar-refractivity contribution < 1.29 is 14.6 Å². The minimum atomic E-state index is -0.555. The second-order valence-corrected chi connectivity index (χ2v) is 7.91. The third kappa shape index (κ3) is 5.78. The van der Waals surface area contributed by atoms with Crippen LogP contribution in [0.1, 0.15) is 75.1 Å². The molecule has 0 radical (unpaired) electrons. The van der Waals surface area contributed by atoms with Gasteiger partial charge in [-0.25, -0.2) is 4.98 Å². The van der Waals surface area contributed by atoms with Crippen molar-refractivity contribution in [1.82, 2.24) is 9.97 Å². The quantitative estimate of drug-likeness (QED) is 0.527. The monoisotopic (exact) mass is 391 g/mol. The summed E-state index contributed by atoms with van der Waals surface area (Å²) in [5.74, 6) is 0.397. The van der Waals surface area contributed by atoms with E-state index in [1.54, 1.807) is 0 Å². The Balaban J connectivity index is 1.66. The Morgan fingerprint density at radius 2 is 1.93 bits per heavy atom. The van der Waals surface area contributed by atoms with Gasteiger partial charge in [0.1, 0.15) is 5.82 Å². The van der Waals surface area contributed by atoms with Crippen LogP contribution >= 0.6 is 0 Å². The van der Waals surface area contributed by atoms with Crippen LogP contribution in [0.15, 0.2) is 6.20 Å². The van der Waals surface area contributed by atoms with Gasteiger partial charge in [0.05, 0.1) is 17.8 Å². The van der Waals surface area contributed by atoms with Crippen LogP contribution in [0.25, 0.3) is 0 Å². The third-order valence-corrected chi connectivity index (χ3v) is 5.70. The lowest BCUT2D eigenvalue weighted by molar-refractivity contribution is 0.0346. The van der Waals surface area contributed by atoms with Crippen LogP contribution in [0.3, 0.4) is 0 Å². The van der Waals surface area contributed by atoms with E-state index in [0.29, 0.717) is 30.3 Å². The van der Waals surface area contributed by atoms with Crippen LogP contribution in [-0.4, -0.2) is 51.9 Å². The Labute approximate surface area is 166 Å². The second-order valence-electron chi connectivity index (χ2n) is 7.91. The number of rotatable bonds is 7. The van der Waals surface area contributed by atoms with Crippen LogP contribution in [0.5, 0.6) is 0 Å². The molecule has 0 aromatic carbocycles. The van der Waals surface area contributed by atoms with Gasteiger partial charge in [-0.3, -0.25) is 4.79 Å². The van der Waals surface area contributed by atoms with E-state index in [9.17, 15) is 9.90 Å². The zero-order valence-electron chi connectivity index (χ0n) is 16.7. The highest BCUT2D eigenvalue weighted by molar-refractivity contribution is 5.97. The standard InChI is InChI=1S/C20H33N5O3/c1-2-28-16-9-7-13(8-10-16)24-20-22-12-17(18(21)27)19(25-20)23-14-5-3-4-6-15(26)11-14/h12-16,26H,2-11H2,1H3,(H2,21,27)(H2,22,23,24,25)/t13?,14-,15-,16?/m1/s1. The molecule has 0 bridgehead atoms. The van der Waals surface area contributed by atoms with E-state index >= 15 is 0 Å². The number of anilines is 2. The lowest BCUT2D eigenvalue weighted by Crippen LogP contribution is -2.31. The molecule has 2 fully saturated rings. The molecule has 2 saturated carbocycles. The highest BCUT2D eigenvalue weighted by atomic mass is 16.5. The summed E-state index contributed by atoms with van der Waals surface area (Å²) in [5, 5.41) is 16.8. The summed E-state index contributed by atoms with van der Waals surface area (Å²) in [7, 11) is 0. The van der Waals surface area contributed by atoms with Crippen LogP contribution in [0.4, 0.5) is 11.8 Å². The average molecular weight is 392 g/mol. The van der Waals surface area contributed by atoms with E-state index in [4.69, 9.17) is 10.5 Å². The van der Waals surface area contributed by atoms with E-state index in [1.807, 2.05) is 6.92 Å². The van der Waals surface area contributed by atoms with Gasteiger partial charge < -0.3 is 26.2 Å². The predicted molar refractivity (Wildman–Crippen MR) is 108 cm³/mol. The number of nitrogens with two attached hydrogens (primary N) is 1. The molecule has 8 nitrogen and oxygen atoms in total. The number of primary amides is 1. The van der Waals surface area contributed by atoms with Gasteiger partial charge in [-0.2, -0.15) is 4.98 Å². The molecule has 1 aromatic heterocycles. The molecule has 156 valence electrons. The molecule has 3 rings (SSSR count). The summed E-state index contributed by atoms with van der Waals surface area (Å²) in [6.45, 7) is 2.78. The molecule has 2 aliphatic carbocycles. The topological polar surface area (TPSA) is 122 Å². The van der Waals surface area contributed by atoms with Gasteiger partial charge in [-0.05, 0) is 51.9 Å². The maximum absolute atomic E-state index is 11.8. The SMILES string of the molecule is CCOC1CCC(Nc2ncc(C(N)=O)c(N[C@@H]3CCCC[C@@H](O)C3)n2)CC1. The second kappa shape index (κ2) is 10.0. The molecule has 2 atom stereocenters. The average Bonchev–Trinajstić information content (AvgIpc) is 2.87. The van der Waals surface area contributed by atoms with Gasteiger partial charge >= 0.3 is 0 Å². The van der Waals surface area contributed by atoms with E-state index in [-0.39, 0.29) is 17.7 Å². The molecule has 8 heteroatoms. The zero-order chi connectivity index (χ0) is 19.9. The third-order valence-electron chi connectivity index (χ3n) is 5.70. The van der Waals surface area contributed by atoms with Gasteiger partial charge in [-0.15, -0.1) is 0 Å². The summed E-state index contributed by atoms with van der Waals surface area (Å²) in [6, 6.07) is 0.365. The number of amides is 1. The molecule has 1 heterocycles. The predicted octanol–water partition coefficient (Wildman–Crippen LogP) is 2.44. The number of carbonyl (C=O) groups excluding carboxylic acids is 1. The number of aliphatic hydroxyl groups is 1. The van der Waals surface area contributed by atoms with Crippen molar-refractivity contribution in [1.29, 1.82) is 0 Å². The number of aromatic nitrogens is 2. The van der Waals surface area contributed by atoms with Crippen molar-refractivity contribution in [2.45, 2.75) is 89.0 Å². The molecule has 1 amide bonds. The Hall–Kier alpha value is -1.93. The lowest BCUT2D eigenvalue weighted by Gasteiger charge is -2.29. The largest absolute Gasteiger partial charge is 0.393 e. The zero-order valence-corrected chi connectivity index (χ0v) is 16.7. The number of nitrogens with zero attached hydrogens (tertiary/aromatic N) is 2. The van der Waals surface area contributed by atoms with Crippen molar-refractivity contribution in [2.24, 2.45) is 5.73 Å². The van der Waals surface area contributed by atoms with Gasteiger partial charge in [0.2, 0.25) is 5.95 Å². The molecule has 0 spiro atoms. The summed E-state index contributed by atoms with van der Waals surface area (Å²) in [4.78, 5) is 20.7. The van der Waals surface area contributed by atoms with E-state index in [1.165, 1.54) is 6.20 Å². The number of carbonyl (C=O) groups is 1. The number of ether oxygens (including phenoxy) is 1. The Morgan fingerprint density at radius 1 is 1.18 bits per heavy atom. The highest BCUT2D eigenvalue weighted by Crippen LogP contribution is 2.25. The van der Waals surface area contributed by atoms with Crippen LogP contribution in [0, 0.1) is 0 Å². The molecule has 0 saturated heterocycles. The Morgan fingerprint density at radius 3 is 2.64 bits per heavy atom. The van der Waals surface area contributed by atoms with Crippen LogP contribution in [-0.2, 0) is 4.74 Å². The fourth-order valence-electron chi connectivity index (χ4n) is 4.19. The summed E-state index contributed by atoms with van der Waals surface area (Å²) >= 11 is 0. The van der Waals surface area contributed by atoms with Gasteiger partial charge in [0, 0.05) is 24.9 Å². The maximum atomic E-state index is 11.8. The first-order valence-corrected chi connectivity index (χ1v) is 10.5. The van der Waals surface area contributed by atoms with E-state index in [0.717, 1.165) is 58.0 Å². The van der Waals surface area contributed by atoms with Gasteiger partial charge in [0.25, 0.3) is 5.91 Å². The number of aliphatic hydroxyl groups excluding tert-OH is 1. The normalized spacial score (nSPS) is 28.4. The summed E-state index contributed by atoms with van der Waals surface area (Å²) in [6.07, 6.45) is 10.0. The number of nitrogens with one attached hydrogen (secondary N) is 2. The van der Waals surface area contributed by atoms with Crippen molar-refractivity contribution in [2.75, 3.05) is 17.2 Å². The van der Waals surface area contributed by atoms with Gasteiger partial charge in [-0.1, -0.05) is 12.8 Å². The summed E-state index contributed by atoms with van der Waals surface area (Å²) in [5.41, 5.74) is 5.80. The molecule has 0 aliphatic heterocycles. The first kappa shape index (κ1) is 20.8. The van der Waals surface area contributed by atoms with Crippen LogP contribution < -0.4 is 16.4 Å². The first-order chi connectivity index (χ1) is 13.5. The molecular formula is C20H33N5O3. The maximum Gasteiger partial charge on any atom is 0.254 e. The molecule has 5 N–H and O–H groups in total. The summed E-state index contributed by atoms with van der Waals surface area (Å²) < 4.78 is 5.71. The van der Waals surface area contributed by atoms with Crippen molar-refractivity contribution in [3.63, 3.8) is 0 Å². The lowest BCUT2D eigenvalue weighted by atomic mass is 9.93. The smallest absolute Gasteiger partial charge is 0.254 e.